The van der Waals surface area contributed by atoms with Crippen LogP contribution in [0, 0.1) is 13.8 Å². The molecular formula is C19H26N2O3. The van der Waals surface area contributed by atoms with Crippen molar-refractivity contribution in [1.82, 2.24) is 9.88 Å². The van der Waals surface area contributed by atoms with E-state index in [0.717, 1.165) is 22.2 Å². The van der Waals surface area contributed by atoms with Gasteiger partial charge in [0.1, 0.15) is 5.54 Å². The van der Waals surface area contributed by atoms with Gasteiger partial charge < -0.3 is 10.0 Å². The normalized spacial score (nSPS) is 10.8. The first kappa shape index (κ1) is 19.6. The van der Waals surface area contributed by atoms with Crippen LogP contribution in [0.1, 0.15) is 49.3 Å². The summed E-state index contributed by atoms with van der Waals surface area (Å²) in [6.07, 6.45) is 0. The van der Waals surface area contributed by atoms with Gasteiger partial charge in [-0.15, -0.1) is 0 Å². The quantitative estimate of drug-likeness (QED) is 0.929. The number of hydrogen-bond donors (Lipinski definition) is 1. The number of aromatic nitrogens is 1. The molecule has 0 saturated carbocycles. The maximum atomic E-state index is 12.9. The molecule has 0 fully saturated rings. The van der Waals surface area contributed by atoms with E-state index in [9.17, 15) is 14.7 Å². The number of benzene rings is 1. The highest BCUT2D eigenvalue weighted by atomic mass is 16.4. The molecule has 5 heteroatoms. The number of rotatable bonds is 3. The molecule has 0 saturated heterocycles. The highest BCUT2D eigenvalue weighted by Gasteiger charge is 2.36. The van der Waals surface area contributed by atoms with Crippen molar-refractivity contribution in [3.05, 3.63) is 41.1 Å². The Bertz CT molecular complexity index is 767. The fraction of sp³-hybridized carbons (Fsp3) is 0.421. The van der Waals surface area contributed by atoms with Crippen LogP contribution < -0.4 is 0 Å². The summed E-state index contributed by atoms with van der Waals surface area (Å²) in [7, 11) is 1.51. The van der Waals surface area contributed by atoms with E-state index in [1.54, 1.807) is 0 Å². The lowest BCUT2D eigenvalue weighted by Gasteiger charge is -2.32. The number of aryl methyl sites for hydroxylation is 1. The maximum Gasteiger partial charge on any atom is 0.329 e. The second-order valence-corrected chi connectivity index (χ2v) is 5.94. The van der Waals surface area contributed by atoms with Crippen molar-refractivity contribution in [1.29, 1.82) is 0 Å². The van der Waals surface area contributed by atoms with Crippen LogP contribution in [0.15, 0.2) is 24.3 Å². The number of likely N-dealkylation sites (N-methyl/N-ethyl adjacent to an activating group) is 1. The molecule has 1 N–H and O–H groups in total. The van der Waals surface area contributed by atoms with Crippen molar-refractivity contribution < 1.29 is 14.7 Å². The van der Waals surface area contributed by atoms with E-state index in [-0.39, 0.29) is 5.91 Å². The Morgan fingerprint density at radius 1 is 1.12 bits per heavy atom. The van der Waals surface area contributed by atoms with E-state index in [0.29, 0.717) is 5.56 Å². The predicted octanol–water partition coefficient (Wildman–Crippen LogP) is 3.81. The average Bonchev–Trinajstić information content (AvgIpc) is 2.56. The zero-order valence-electron chi connectivity index (χ0n) is 15.5. The number of nitrogens with zero attached hydrogens (tertiary/aromatic N) is 2. The number of hydrogen-bond acceptors (Lipinski definition) is 3. The number of carbonyl (C=O) groups is 2. The van der Waals surface area contributed by atoms with Gasteiger partial charge in [0.05, 0.1) is 11.1 Å². The van der Waals surface area contributed by atoms with Gasteiger partial charge in [0.15, 0.2) is 0 Å². The van der Waals surface area contributed by atoms with Crippen LogP contribution in [0.3, 0.4) is 0 Å². The Morgan fingerprint density at radius 3 is 2.21 bits per heavy atom. The van der Waals surface area contributed by atoms with Crippen LogP contribution in [-0.2, 0) is 4.79 Å². The first-order valence-electron chi connectivity index (χ1n) is 8.05. The second kappa shape index (κ2) is 7.43. The zero-order valence-corrected chi connectivity index (χ0v) is 15.5. The van der Waals surface area contributed by atoms with Crippen molar-refractivity contribution in [3.8, 4) is 0 Å². The number of carboxylic acids is 1. The Kier molecular flexibility index (Phi) is 6.07. The number of para-hydroxylation sites is 1. The Hall–Kier alpha value is -2.43. The highest BCUT2D eigenvalue weighted by molar-refractivity contribution is 6.08. The van der Waals surface area contributed by atoms with Gasteiger partial charge in [-0.2, -0.15) is 0 Å². The molecule has 0 bridgehead atoms. The van der Waals surface area contributed by atoms with Crippen molar-refractivity contribution in [2.45, 2.75) is 47.1 Å². The van der Waals surface area contributed by atoms with E-state index in [2.05, 4.69) is 4.98 Å². The summed E-state index contributed by atoms with van der Waals surface area (Å²) in [6, 6.07) is 7.39. The van der Waals surface area contributed by atoms with Crippen molar-refractivity contribution in [2.24, 2.45) is 0 Å². The standard InChI is InChI=1S/C17H20N2O3.C2H6/c1-10-11(2)18-13-9-7-6-8-12(13)14(10)15(20)19(5)17(3,4)16(21)22;1-2/h6-9H,1-5H3,(H,21,22);1-2H3. The summed E-state index contributed by atoms with van der Waals surface area (Å²) in [5.41, 5.74) is 1.50. The van der Waals surface area contributed by atoms with Crippen LogP contribution in [0.5, 0.6) is 0 Å². The van der Waals surface area contributed by atoms with Gasteiger partial charge in [0, 0.05) is 18.1 Å². The summed E-state index contributed by atoms with van der Waals surface area (Å²) in [5.74, 6) is -1.36. The molecule has 0 atom stereocenters. The monoisotopic (exact) mass is 330 g/mol. The highest BCUT2D eigenvalue weighted by Crippen LogP contribution is 2.26. The van der Waals surface area contributed by atoms with Gasteiger partial charge in [0.2, 0.25) is 0 Å². The summed E-state index contributed by atoms with van der Waals surface area (Å²) >= 11 is 0. The molecule has 1 heterocycles. The molecule has 0 radical (unpaired) electrons. The number of carboxylic acid groups (broad SMARTS) is 1. The van der Waals surface area contributed by atoms with E-state index in [1.165, 1.54) is 25.8 Å². The van der Waals surface area contributed by atoms with Gasteiger partial charge in [-0.3, -0.25) is 9.78 Å². The fourth-order valence-electron chi connectivity index (χ4n) is 2.27. The van der Waals surface area contributed by atoms with Gasteiger partial charge in [-0.05, 0) is 39.3 Å². The number of aliphatic carboxylic acids is 1. The third kappa shape index (κ3) is 3.40. The fourth-order valence-corrected chi connectivity index (χ4v) is 2.27. The lowest BCUT2D eigenvalue weighted by molar-refractivity contribution is -0.147. The molecule has 1 aromatic heterocycles. The minimum Gasteiger partial charge on any atom is -0.480 e. The van der Waals surface area contributed by atoms with Crippen LogP contribution in [0.25, 0.3) is 10.9 Å². The van der Waals surface area contributed by atoms with Crippen molar-refractivity contribution in [3.63, 3.8) is 0 Å². The third-order valence-electron chi connectivity index (χ3n) is 4.26. The molecule has 5 nitrogen and oxygen atoms in total. The molecule has 24 heavy (non-hydrogen) atoms. The lowest BCUT2D eigenvalue weighted by atomic mass is 9.97. The second-order valence-electron chi connectivity index (χ2n) is 5.94. The first-order chi connectivity index (χ1) is 11.2. The lowest BCUT2D eigenvalue weighted by Crippen LogP contribution is -2.51. The van der Waals surface area contributed by atoms with Crippen LogP contribution >= 0.6 is 0 Å². The predicted molar refractivity (Wildman–Crippen MR) is 96.4 cm³/mol. The molecule has 0 spiro atoms. The Morgan fingerprint density at radius 2 is 1.67 bits per heavy atom. The summed E-state index contributed by atoms with van der Waals surface area (Å²) in [4.78, 5) is 30.1. The van der Waals surface area contributed by atoms with Gasteiger partial charge in [-0.25, -0.2) is 4.79 Å². The number of amides is 1. The molecule has 1 aromatic carbocycles. The smallest absolute Gasteiger partial charge is 0.329 e. The molecule has 2 aromatic rings. The summed E-state index contributed by atoms with van der Waals surface area (Å²) < 4.78 is 0. The van der Waals surface area contributed by atoms with E-state index < -0.39 is 11.5 Å². The Balaban J connectivity index is 0.00000139. The molecule has 130 valence electrons. The van der Waals surface area contributed by atoms with Crippen LogP contribution in [-0.4, -0.2) is 39.5 Å². The third-order valence-corrected chi connectivity index (χ3v) is 4.26. The van der Waals surface area contributed by atoms with Crippen molar-refractivity contribution in [2.75, 3.05) is 7.05 Å². The zero-order chi connectivity index (χ0) is 18.7. The SMILES string of the molecule is CC.Cc1nc2ccccc2c(C(=O)N(C)C(C)(C)C(=O)O)c1C. The van der Waals surface area contributed by atoms with E-state index in [4.69, 9.17) is 0 Å². The number of carbonyl (C=O) groups excluding carboxylic acids is 1. The minimum atomic E-state index is -1.29. The molecular weight excluding hydrogens is 304 g/mol. The average molecular weight is 330 g/mol. The molecule has 1 amide bonds. The van der Waals surface area contributed by atoms with E-state index in [1.807, 2.05) is 52.0 Å². The van der Waals surface area contributed by atoms with Gasteiger partial charge >= 0.3 is 5.97 Å². The molecule has 2 rings (SSSR count). The van der Waals surface area contributed by atoms with E-state index >= 15 is 0 Å². The molecule has 0 unspecified atom stereocenters. The minimum absolute atomic E-state index is 0.313. The van der Waals surface area contributed by atoms with Gasteiger partial charge in [0.25, 0.3) is 5.91 Å². The van der Waals surface area contributed by atoms with Crippen molar-refractivity contribution >= 4 is 22.8 Å². The van der Waals surface area contributed by atoms with Crippen LogP contribution in [0.4, 0.5) is 0 Å². The maximum absolute atomic E-state index is 12.9. The summed E-state index contributed by atoms with van der Waals surface area (Å²) in [6.45, 7) is 10.7. The first-order valence-corrected chi connectivity index (χ1v) is 8.05. The van der Waals surface area contributed by atoms with Gasteiger partial charge in [-0.1, -0.05) is 32.0 Å². The molecule has 0 aliphatic rings. The topological polar surface area (TPSA) is 70.5 Å². The molecule has 0 aliphatic heterocycles. The van der Waals surface area contributed by atoms with Crippen LogP contribution in [0.2, 0.25) is 0 Å². The molecule has 0 aliphatic carbocycles. The largest absolute Gasteiger partial charge is 0.480 e. The number of fused-ring (bicyclic) bond motifs is 1. The Labute approximate surface area is 143 Å². The summed E-state index contributed by atoms with van der Waals surface area (Å²) in [5, 5.41) is 10.1. The number of pyridine rings is 1.